The second kappa shape index (κ2) is 9.88. The van der Waals surface area contributed by atoms with Crippen molar-refractivity contribution in [1.82, 2.24) is 9.62 Å². The number of amides is 1. The van der Waals surface area contributed by atoms with Crippen LogP contribution in [0.5, 0.6) is 0 Å². The van der Waals surface area contributed by atoms with Crippen molar-refractivity contribution in [2.45, 2.75) is 44.8 Å². The van der Waals surface area contributed by atoms with Crippen LogP contribution in [0.1, 0.15) is 38.1 Å². The first-order valence-corrected chi connectivity index (χ1v) is 11.2. The van der Waals surface area contributed by atoms with Crippen molar-refractivity contribution in [3.05, 3.63) is 28.8 Å². The molecule has 0 saturated carbocycles. The largest absolute Gasteiger partial charge is 0.452 e. The first kappa shape index (κ1) is 23.6. The number of nitrogens with one attached hydrogen (secondary N) is 1. The SMILES string of the molecule is CC(C)CNC(=O)COC(=O)c1ccc(Cl)c(S(=O)(=O)N2CC(C)OC(C)C2)c1. The lowest BCUT2D eigenvalue weighted by Gasteiger charge is -2.34. The molecule has 1 amide bonds. The maximum atomic E-state index is 13.1. The van der Waals surface area contributed by atoms with Crippen LogP contribution < -0.4 is 5.32 Å². The summed E-state index contributed by atoms with van der Waals surface area (Å²) in [4.78, 5) is 23.8. The van der Waals surface area contributed by atoms with Crippen molar-refractivity contribution in [1.29, 1.82) is 0 Å². The number of nitrogens with zero attached hydrogens (tertiary/aromatic N) is 1. The van der Waals surface area contributed by atoms with Crippen LogP contribution in [0.15, 0.2) is 23.1 Å². The predicted molar refractivity (Wildman–Crippen MR) is 108 cm³/mol. The molecular formula is C19H27ClN2O6S. The van der Waals surface area contributed by atoms with E-state index in [0.717, 1.165) is 0 Å². The Morgan fingerprint density at radius 3 is 2.48 bits per heavy atom. The van der Waals surface area contributed by atoms with Gasteiger partial charge in [-0.2, -0.15) is 4.31 Å². The van der Waals surface area contributed by atoms with E-state index in [4.69, 9.17) is 21.1 Å². The lowest BCUT2D eigenvalue weighted by atomic mass is 10.2. The van der Waals surface area contributed by atoms with E-state index in [0.29, 0.717) is 6.54 Å². The minimum Gasteiger partial charge on any atom is -0.452 e. The van der Waals surface area contributed by atoms with Gasteiger partial charge in [0.2, 0.25) is 10.0 Å². The highest BCUT2D eigenvalue weighted by Gasteiger charge is 2.34. The molecule has 1 fully saturated rings. The van der Waals surface area contributed by atoms with E-state index in [2.05, 4.69) is 5.32 Å². The Morgan fingerprint density at radius 1 is 1.28 bits per heavy atom. The van der Waals surface area contributed by atoms with Crippen LogP contribution in [0.2, 0.25) is 5.02 Å². The zero-order chi connectivity index (χ0) is 21.8. The van der Waals surface area contributed by atoms with Crippen LogP contribution in [0.25, 0.3) is 0 Å². The number of ether oxygens (including phenoxy) is 2. The summed E-state index contributed by atoms with van der Waals surface area (Å²) in [5, 5.41) is 2.64. The van der Waals surface area contributed by atoms with Crippen molar-refractivity contribution in [2.24, 2.45) is 5.92 Å². The maximum absolute atomic E-state index is 13.1. The molecule has 2 rings (SSSR count). The molecule has 1 aliphatic rings. The highest BCUT2D eigenvalue weighted by atomic mass is 35.5. The summed E-state index contributed by atoms with van der Waals surface area (Å²) in [6.45, 7) is 7.86. The summed E-state index contributed by atoms with van der Waals surface area (Å²) in [7, 11) is -3.93. The first-order valence-electron chi connectivity index (χ1n) is 9.39. The number of carbonyl (C=O) groups is 2. The molecule has 0 radical (unpaired) electrons. The minimum absolute atomic E-state index is 0.000934. The molecular weight excluding hydrogens is 420 g/mol. The molecule has 1 saturated heterocycles. The number of esters is 1. The molecule has 2 unspecified atom stereocenters. The van der Waals surface area contributed by atoms with Gasteiger partial charge in [0.15, 0.2) is 6.61 Å². The van der Waals surface area contributed by atoms with Gasteiger partial charge in [-0.3, -0.25) is 4.79 Å². The number of benzene rings is 1. The predicted octanol–water partition coefficient (Wildman–Crippen LogP) is 2.07. The highest BCUT2D eigenvalue weighted by molar-refractivity contribution is 7.89. The molecule has 0 aliphatic carbocycles. The van der Waals surface area contributed by atoms with Crippen LogP contribution in [-0.4, -0.2) is 63.0 Å². The van der Waals surface area contributed by atoms with Gasteiger partial charge in [-0.25, -0.2) is 13.2 Å². The molecule has 0 bridgehead atoms. The molecule has 2 atom stereocenters. The highest BCUT2D eigenvalue weighted by Crippen LogP contribution is 2.28. The van der Waals surface area contributed by atoms with Gasteiger partial charge >= 0.3 is 5.97 Å². The standard InChI is InChI=1S/C19H27ClN2O6S/c1-12(2)8-21-18(23)11-27-19(24)15-5-6-16(20)17(7-15)29(25,26)22-9-13(3)28-14(4)10-22/h5-7,12-14H,8-11H2,1-4H3,(H,21,23). The molecule has 0 spiro atoms. The Kier molecular flexibility index (Phi) is 8.04. The summed E-state index contributed by atoms with van der Waals surface area (Å²) in [5.74, 6) is -0.962. The molecule has 1 aromatic rings. The molecule has 0 aromatic heterocycles. The number of morpholine rings is 1. The molecule has 10 heteroatoms. The average molecular weight is 447 g/mol. The molecule has 1 N–H and O–H groups in total. The fourth-order valence-corrected chi connectivity index (χ4v) is 4.97. The molecule has 1 heterocycles. The monoisotopic (exact) mass is 446 g/mol. The summed E-state index contributed by atoms with van der Waals surface area (Å²) in [6, 6.07) is 3.87. The van der Waals surface area contributed by atoms with Crippen LogP contribution in [0.3, 0.4) is 0 Å². The Labute approximate surface area is 176 Å². The average Bonchev–Trinajstić information content (AvgIpc) is 2.63. The summed E-state index contributed by atoms with van der Waals surface area (Å²) >= 11 is 6.12. The third kappa shape index (κ3) is 6.40. The van der Waals surface area contributed by atoms with E-state index in [-0.39, 0.29) is 46.7 Å². The zero-order valence-corrected chi connectivity index (χ0v) is 18.5. The van der Waals surface area contributed by atoms with Gasteiger partial charge < -0.3 is 14.8 Å². The van der Waals surface area contributed by atoms with Crippen molar-refractivity contribution < 1.29 is 27.5 Å². The second-order valence-corrected chi connectivity index (χ2v) is 9.81. The number of sulfonamides is 1. The van der Waals surface area contributed by atoms with Gasteiger partial charge in [-0.1, -0.05) is 25.4 Å². The van der Waals surface area contributed by atoms with E-state index in [1.54, 1.807) is 13.8 Å². The van der Waals surface area contributed by atoms with Gasteiger partial charge in [0, 0.05) is 19.6 Å². The summed E-state index contributed by atoms with van der Waals surface area (Å²) in [5.41, 5.74) is -0.000934. The molecule has 29 heavy (non-hydrogen) atoms. The van der Waals surface area contributed by atoms with E-state index < -0.39 is 28.5 Å². The van der Waals surface area contributed by atoms with E-state index in [1.165, 1.54) is 22.5 Å². The third-order valence-corrected chi connectivity index (χ3v) is 6.53. The summed E-state index contributed by atoms with van der Waals surface area (Å²) < 4.78 is 38.0. The normalized spacial score (nSPS) is 20.5. The summed E-state index contributed by atoms with van der Waals surface area (Å²) in [6.07, 6.45) is -0.519. The lowest BCUT2D eigenvalue weighted by molar-refractivity contribution is -0.124. The molecule has 1 aliphatic heterocycles. The van der Waals surface area contributed by atoms with Gasteiger partial charge in [-0.05, 0) is 38.0 Å². The van der Waals surface area contributed by atoms with Crippen LogP contribution in [0.4, 0.5) is 0 Å². The number of hydrogen-bond donors (Lipinski definition) is 1. The van der Waals surface area contributed by atoms with Crippen molar-refractivity contribution in [3.63, 3.8) is 0 Å². The number of carbonyl (C=O) groups excluding carboxylic acids is 2. The van der Waals surface area contributed by atoms with E-state index >= 15 is 0 Å². The smallest absolute Gasteiger partial charge is 0.338 e. The maximum Gasteiger partial charge on any atom is 0.338 e. The topological polar surface area (TPSA) is 102 Å². The van der Waals surface area contributed by atoms with Crippen LogP contribution in [0, 0.1) is 5.92 Å². The minimum atomic E-state index is -3.93. The van der Waals surface area contributed by atoms with Gasteiger partial charge in [0.05, 0.1) is 22.8 Å². The van der Waals surface area contributed by atoms with Gasteiger partial charge in [0.1, 0.15) is 4.90 Å². The van der Waals surface area contributed by atoms with E-state index in [9.17, 15) is 18.0 Å². The fourth-order valence-electron chi connectivity index (χ4n) is 2.88. The first-order chi connectivity index (χ1) is 13.5. The number of halogens is 1. The number of rotatable bonds is 7. The van der Waals surface area contributed by atoms with Crippen LogP contribution >= 0.6 is 11.6 Å². The van der Waals surface area contributed by atoms with Crippen molar-refractivity contribution >= 4 is 33.5 Å². The number of hydrogen-bond acceptors (Lipinski definition) is 6. The van der Waals surface area contributed by atoms with Gasteiger partial charge in [0.25, 0.3) is 5.91 Å². The quantitative estimate of drug-likeness (QED) is 0.643. The van der Waals surface area contributed by atoms with Gasteiger partial charge in [-0.15, -0.1) is 0 Å². The fraction of sp³-hybridized carbons (Fsp3) is 0.579. The Bertz CT molecular complexity index is 848. The van der Waals surface area contributed by atoms with E-state index in [1.807, 2.05) is 13.8 Å². The zero-order valence-electron chi connectivity index (χ0n) is 17.0. The third-order valence-electron chi connectivity index (χ3n) is 4.21. The molecule has 8 nitrogen and oxygen atoms in total. The van der Waals surface area contributed by atoms with Crippen molar-refractivity contribution in [2.75, 3.05) is 26.2 Å². The molecule has 1 aromatic carbocycles. The Balaban J connectivity index is 2.14. The van der Waals surface area contributed by atoms with Crippen LogP contribution in [-0.2, 0) is 24.3 Å². The lowest BCUT2D eigenvalue weighted by Crippen LogP contribution is -2.48. The Morgan fingerprint density at radius 2 is 1.90 bits per heavy atom. The second-order valence-electron chi connectivity index (χ2n) is 7.50. The molecule has 162 valence electrons. The Hall–Kier alpha value is -1.68. The van der Waals surface area contributed by atoms with Crippen molar-refractivity contribution in [3.8, 4) is 0 Å².